The molecule has 28 heavy (non-hydrogen) atoms. The summed E-state index contributed by atoms with van der Waals surface area (Å²) >= 11 is 5.84. The molecule has 0 radical (unpaired) electrons. The molecule has 10 heteroatoms. The fourth-order valence-corrected chi connectivity index (χ4v) is 5.40. The van der Waals surface area contributed by atoms with Crippen LogP contribution in [0.5, 0.6) is 0 Å². The number of carbonyl (C=O) groups excluding carboxylic acids is 2. The maximum absolute atomic E-state index is 12.7. The van der Waals surface area contributed by atoms with E-state index in [2.05, 4.69) is 4.72 Å². The van der Waals surface area contributed by atoms with Gasteiger partial charge < -0.3 is 19.1 Å². The van der Waals surface area contributed by atoms with E-state index in [1.165, 1.54) is 11.3 Å². The van der Waals surface area contributed by atoms with Gasteiger partial charge in [-0.2, -0.15) is 0 Å². The van der Waals surface area contributed by atoms with Crippen molar-refractivity contribution in [2.75, 3.05) is 32.8 Å². The number of nitrogens with one attached hydrogen (secondary N) is 1. The number of ether oxygens (including phenoxy) is 1. The monoisotopic (exact) mass is 445 g/mol. The van der Waals surface area contributed by atoms with Crippen molar-refractivity contribution in [2.45, 2.75) is 32.4 Å². The van der Waals surface area contributed by atoms with Gasteiger partial charge in [0.2, 0.25) is 11.8 Å². The number of hydrogen-bond acceptors (Lipinski definition) is 6. The summed E-state index contributed by atoms with van der Waals surface area (Å²) in [7, 11) is 0. The van der Waals surface area contributed by atoms with Gasteiger partial charge >= 0.3 is 0 Å². The van der Waals surface area contributed by atoms with E-state index in [1.54, 1.807) is 28.2 Å². The maximum atomic E-state index is 12.7. The highest BCUT2D eigenvalue weighted by molar-refractivity contribution is 7.92. The van der Waals surface area contributed by atoms with Crippen molar-refractivity contribution in [1.82, 2.24) is 14.5 Å². The molecule has 2 aliphatic rings. The van der Waals surface area contributed by atoms with E-state index in [1.807, 2.05) is 13.0 Å². The van der Waals surface area contributed by atoms with E-state index in [-0.39, 0.29) is 11.8 Å². The predicted octanol–water partition coefficient (Wildman–Crippen LogP) is 1.86. The van der Waals surface area contributed by atoms with Gasteiger partial charge in [0.15, 0.2) is 0 Å². The molecule has 3 atom stereocenters. The summed E-state index contributed by atoms with van der Waals surface area (Å²) in [6, 6.07) is 2.57. The first-order valence-electron chi connectivity index (χ1n) is 9.14. The summed E-state index contributed by atoms with van der Waals surface area (Å²) in [5.74, 6) is -0.253. The van der Waals surface area contributed by atoms with Crippen LogP contribution in [0.1, 0.15) is 25.1 Å². The van der Waals surface area contributed by atoms with E-state index in [0.29, 0.717) is 43.6 Å². The Kier molecular flexibility index (Phi) is 7.41. The summed E-state index contributed by atoms with van der Waals surface area (Å²) in [6.07, 6.45) is 0.517. The van der Waals surface area contributed by atoms with Gasteiger partial charge in [-0.25, -0.2) is 0 Å². The predicted molar refractivity (Wildman–Crippen MR) is 111 cm³/mol. The first-order valence-corrected chi connectivity index (χ1v) is 11.6. The Hall–Kier alpha value is -1.10. The third kappa shape index (κ3) is 5.08. The second-order valence-corrected chi connectivity index (χ2v) is 9.59. The molecular weight excluding hydrogens is 422 g/mol. The smallest absolute Gasteiger partial charge is 0.245 e. The van der Waals surface area contributed by atoms with Gasteiger partial charge in [0.05, 0.1) is 28.9 Å². The van der Waals surface area contributed by atoms with E-state index >= 15 is 0 Å². The SMILES string of the molecule is C/C(=C\[S+]([O-])N[C@H]1CCN([C@@H](C)C(=O)N2CCOCC2)C1=O)c1ccc(Cl)s1. The van der Waals surface area contributed by atoms with Crippen LogP contribution < -0.4 is 4.72 Å². The molecule has 7 nitrogen and oxygen atoms in total. The highest BCUT2D eigenvalue weighted by Crippen LogP contribution is 2.28. The number of amides is 2. The molecule has 3 rings (SSSR count). The van der Waals surface area contributed by atoms with Crippen LogP contribution in [0.4, 0.5) is 0 Å². The lowest BCUT2D eigenvalue weighted by atomic mass is 10.2. The van der Waals surface area contributed by atoms with E-state index in [4.69, 9.17) is 16.3 Å². The van der Waals surface area contributed by atoms with E-state index in [9.17, 15) is 14.1 Å². The highest BCUT2D eigenvalue weighted by atomic mass is 35.5. The average Bonchev–Trinajstić information content (AvgIpc) is 3.27. The second kappa shape index (κ2) is 9.60. The molecule has 0 saturated carbocycles. The van der Waals surface area contributed by atoms with Gasteiger partial charge in [-0.05, 0) is 32.4 Å². The molecule has 2 saturated heterocycles. The van der Waals surface area contributed by atoms with Crippen molar-refractivity contribution in [3.8, 4) is 0 Å². The quantitative estimate of drug-likeness (QED) is 0.675. The standard InChI is InChI=1S/C18H24ClN3O4S2/c1-12(15-3-4-16(19)27-15)11-28(25)20-14-5-6-22(18(14)24)13(2)17(23)21-7-9-26-10-8-21/h3-4,11,13-14,20H,5-10H2,1-2H3/b12-11+/t13-,14-,28?/m0/s1. The molecular formula is C18H24ClN3O4S2. The van der Waals surface area contributed by atoms with Gasteiger partial charge in [0.25, 0.3) is 0 Å². The molecule has 1 aromatic heterocycles. The van der Waals surface area contributed by atoms with Gasteiger partial charge in [-0.3, -0.25) is 9.59 Å². The third-order valence-electron chi connectivity index (χ3n) is 4.89. The average molecular weight is 446 g/mol. The number of allylic oxidation sites excluding steroid dienone is 1. The largest absolute Gasteiger partial charge is 0.593 e. The lowest BCUT2D eigenvalue weighted by Crippen LogP contribution is -2.52. The second-order valence-electron chi connectivity index (χ2n) is 6.81. The summed E-state index contributed by atoms with van der Waals surface area (Å²) in [5.41, 5.74) is 0.834. The molecule has 1 unspecified atom stereocenters. The van der Waals surface area contributed by atoms with Crippen LogP contribution >= 0.6 is 22.9 Å². The van der Waals surface area contributed by atoms with Gasteiger partial charge in [0.1, 0.15) is 17.5 Å². The number of thiophene rings is 1. The molecule has 0 aliphatic carbocycles. The van der Waals surface area contributed by atoms with Gasteiger partial charge in [-0.1, -0.05) is 11.6 Å². The zero-order valence-electron chi connectivity index (χ0n) is 15.9. The minimum Gasteiger partial charge on any atom is -0.593 e. The number of hydrogen-bond donors (Lipinski definition) is 1. The van der Waals surface area contributed by atoms with Crippen molar-refractivity contribution >= 4 is 51.7 Å². The van der Waals surface area contributed by atoms with Crippen molar-refractivity contribution in [1.29, 1.82) is 0 Å². The molecule has 154 valence electrons. The van der Waals surface area contributed by atoms with Crippen molar-refractivity contribution in [2.24, 2.45) is 0 Å². The number of carbonyl (C=O) groups is 2. The summed E-state index contributed by atoms with van der Waals surface area (Å²) < 4.78 is 21.2. The Labute approximate surface area is 177 Å². The Bertz CT molecular complexity index is 751. The number of likely N-dealkylation sites (tertiary alicyclic amines) is 1. The molecule has 0 bridgehead atoms. The minimum absolute atomic E-state index is 0.0660. The van der Waals surface area contributed by atoms with Gasteiger partial charge in [0, 0.05) is 30.1 Å². The third-order valence-corrected chi connectivity index (χ3v) is 7.34. The topological polar surface area (TPSA) is 84.9 Å². The Morgan fingerprint density at radius 3 is 2.79 bits per heavy atom. The highest BCUT2D eigenvalue weighted by Gasteiger charge is 2.40. The maximum Gasteiger partial charge on any atom is 0.245 e. The molecule has 1 N–H and O–H groups in total. The van der Waals surface area contributed by atoms with Crippen LogP contribution in [-0.2, 0) is 25.7 Å². The fourth-order valence-electron chi connectivity index (χ4n) is 3.30. The van der Waals surface area contributed by atoms with E-state index < -0.39 is 23.4 Å². The number of morpholine rings is 1. The molecule has 2 amide bonds. The van der Waals surface area contributed by atoms with Crippen molar-refractivity contribution in [3.05, 3.63) is 26.8 Å². The number of halogens is 1. The summed E-state index contributed by atoms with van der Waals surface area (Å²) in [4.78, 5) is 29.6. The van der Waals surface area contributed by atoms with Crippen LogP contribution in [0.2, 0.25) is 4.34 Å². The van der Waals surface area contributed by atoms with Crippen LogP contribution in [0, 0.1) is 0 Å². The fraction of sp³-hybridized carbons (Fsp3) is 0.556. The molecule has 2 fully saturated rings. The molecule has 0 spiro atoms. The van der Waals surface area contributed by atoms with Crippen LogP contribution in [0.3, 0.4) is 0 Å². The zero-order valence-corrected chi connectivity index (χ0v) is 18.2. The molecule has 3 heterocycles. The Balaban J connectivity index is 1.56. The van der Waals surface area contributed by atoms with Crippen LogP contribution in [0.15, 0.2) is 17.5 Å². The summed E-state index contributed by atoms with van der Waals surface area (Å²) in [6.45, 7) is 6.22. The minimum atomic E-state index is -1.50. The lowest BCUT2D eigenvalue weighted by Gasteiger charge is -2.32. The van der Waals surface area contributed by atoms with Crippen molar-refractivity contribution < 1.29 is 18.9 Å². The van der Waals surface area contributed by atoms with Gasteiger partial charge in [-0.15, -0.1) is 16.1 Å². The lowest BCUT2D eigenvalue weighted by molar-refractivity contribution is -0.146. The summed E-state index contributed by atoms with van der Waals surface area (Å²) in [5, 5.41) is 1.58. The molecule has 2 aliphatic heterocycles. The Morgan fingerprint density at radius 1 is 1.43 bits per heavy atom. The molecule has 1 aromatic rings. The zero-order chi connectivity index (χ0) is 20.3. The number of rotatable bonds is 6. The van der Waals surface area contributed by atoms with Crippen molar-refractivity contribution in [3.63, 3.8) is 0 Å². The van der Waals surface area contributed by atoms with Crippen LogP contribution in [-0.4, -0.2) is 71.1 Å². The van der Waals surface area contributed by atoms with E-state index in [0.717, 1.165) is 10.5 Å². The normalized spacial score (nSPS) is 23.2. The molecule has 0 aromatic carbocycles. The first kappa shape index (κ1) is 21.6. The Morgan fingerprint density at radius 2 is 2.14 bits per heavy atom. The van der Waals surface area contributed by atoms with Crippen LogP contribution in [0.25, 0.3) is 5.57 Å². The number of nitrogens with zero attached hydrogens (tertiary/aromatic N) is 2. The first-order chi connectivity index (χ1) is 13.4.